The number of hydrogen-bond donors (Lipinski definition) is 1. The summed E-state index contributed by atoms with van der Waals surface area (Å²) in [7, 11) is 3.16. The van der Waals surface area contributed by atoms with E-state index in [-0.39, 0.29) is 18.1 Å². The van der Waals surface area contributed by atoms with Gasteiger partial charge in [0, 0.05) is 18.7 Å². The normalized spacial score (nSPS) is 13.3. The van der Waals surface area contributed by atoms with E-state index in [1.807, 2.05) is 12.1 Å². The maximum Gasteiger partial charge on any atom is 0.311 e. The Kier molecular flexibility index (Phi) is 4.88. The molecule has 7 heteroatoms. The Bertz CT molecular complexity index is 854. The third-order valence-electron chi connectivity index (χ3n) is 4.58. The molecule has 0 atom stereocenters. The predicted octanol–water partition coefficient (Wildman–Crippen LogP) is 2.43. The Morgan fingerprint density at radius 2 is 1.85 bits per heavy atom. The van der Waals surface area contributed by atoms with Gasteiger partial charge < -0.3 is 23.9 Å². The van der Waals surface area contributed by atoms with Gasteiger partial charge in [-0.15, -0.1) is 0 Å². The lowest BCUT2D eigenvalue weighted by molar-refractivity contribution is -0.136. The highest BCUT2D eigenvalue weighted by atomic mass is 16.5. The van der Waals surface area contributed by atoms with Crippen LogP contribution in [-0.2, 0) is 24.2 Å². The molecule has 7 nitrogen and oxygen atoms in total. The van der Waals surface area contributed by atoms with Crippen LogP contribution in [0.4, 0.5) is 0 Å². The average molecular weight is 359 g/mol. The van der Waals surface area contributed by atoms with Crippen molar-refractivity contribution in [3.63, 3.8) is 0 Å². The molecule has 2 aromatic rings. The summed E-state index contributed by atoms with van der Waals surface area (Å²) in [5.74, 6) is 0.229. The second-order valence-corrected chi connectivity index (χ2v) is 6.24. The molecule has 138 valence electrons. The van der Waals surface area contributed by atoms with Crippen LogP contribution < -0.4 is 9.47 Å². The number of rotatable bonds is 5. The molecule has 0 radical (unpaired) electrons. The van der Waals surface area contributed by atoms with Gasteiger partial charge in [0.15, 0.2) is 11.5 Å². The monoisotopic (exact) mass is 359 g/mol. The number of fused-ring (bicyclic) bond motifs is 1. The highest BCUT2D eigenvalue weighted by Gasteiger charge is 2.28. The second-order valence-electron chi connectivity index (χ2n) is 6.24. The summed E-state index contributed by atoms with van der Waals surface area (Å²) in [5.41, 5.74) is 3.09. The lowest BCUT2D eigenvalue weighted by Crippen LogP contribution is -2.36. The van der Waals surface area contributed by atoms with E-state index in [0.717, 1.165) is 11.1 Å². The second kappa shape index (κ2) is 7.11. The number of furan rings is 1. The number of amides is 1. The minimum Gasteiger partial charge on any atom is -0.493 e. The summed E-state index contributed by atoms with van der Waals surface area (Å²) in [6.45, 7) is 2.71. The lowest BCUT2D eigenvalue weighted by atomic mass is 9.97. The zero-order chi connectivity index (χ0) is 18.8. The first-order valence-electron chi connectivity index (χ1n) is 8.26. The Labute approximate surface area is 151 Å². The molecule has 0 unspecified atom stereocenters. The summed E-state index contributed by atoms with van der Waals surface area (Å²) >= 11 is 0. The first-order chi connectivity index (χ1) is 12.4. The predicted molar refractivity (Wildman–Crippen MR) is 92.8 cm³/mol. The highest BCUT2D eigenvalue weighted by molar-refractivity contribution is 5.97. The summed E-state index contributed by atoms with van der Waals surface area (Å²) in [5, 5.41) is 9.02. The molecule has 0 aliphatic carbocycles. The number of nitrogens with zero attached hydrogens (tertiary/aromatic N) is 1. The van der Waals surface area contributed by atoms with E-state index in [9.17, 15) is 9.59 Å². The number of carbonyl (C=O) groups is 2. The van der Waals surface area contributed by atoms with Gasteiger partial charge in [0.2, 0.25) is 0 Å². The third-order valence-corrected chi connectivity index (χ3v) is 4.58. The van der Waals surface area contributed by atoms with Gasteiger partial charge in [-0.2, -0.15) is 0 Å². The van der Waals surface area contributed by atoms with Crippen molar-refractivity contribution in [3.8, 4) is 11.5 Å². The molecule has 0 bridgehead atoms. The summed E-state index contributed by atoms with van der Waals surface area (Å²) in [4.78, 5) is 25.7. The molecule has 26 heavy (non-hydrogen) atoms. The van der Waals surface area contributed by atoms with Crippen LogP contribution in [0.15, 0.2) is 22.8 Å². The molecule has 0 saturated heterocycles. The van der Waals surface area contributed by atoms with E-state index in [1.165, 1.54) is 6.26 Å². The van der Waals surface area contributed by atoms with Gasteiger partial charge in [0.25, 0.3) is 5.91 Å². The third kappa shape index (κ3) is 3.24. The minimum absolute atomic E-state index is 0.193. The standard InChI is InChI=1S/C19H21NO6/c1-11-10-26-16(8-17(21)22)18(11)19(23)20-5-4-12-6-14(24-2)15(25-3)7-13(12)9-20/h6-7,10H,4-5,8-9H2,1-3H3,(H,21,22). The smallest absolute Gasteiger partial charge is 0.311 e. The zero-order valence-corrected chi connectivity index (χ0v) is 15.0. The van der Waals surface area contributed by atoms with Crippen LogP contribution in [0.25, 0.3) is 0 Å². The zero-order valence-electron chi connectivity index (χ0n) is 15.0. The van der Waals surface area contributed by atoms with E-state index in [4.69, 9.17) is 19.0 Å². The van der Waals surface area contributed by atoms with Gasteiger partial charge in [-0.25, -0.2) is 0 Å². The molecule has 0 fully saturated rings. The van der Waals surface area contributed by atoms with Crippen LogP contribution in [0.3, 0.4) is 0 Å². The van der Waals surface area contributed by atoms with Crippen molar-refractivity contribution >= 4 is 11.9 Å². The Morgan fingerprint density at radius 3 is 2.46 bits per heavy atom. The largest absolute Gasteiger partial charge is 0.493 e. The quantitative estimate of drug-likeness (QED) is 0.882. The van der Waals surface area contributed by atoms with Crippen LogP contribution in [0.1, 0.15) is 32.8 Å². The first-order valence-corrected chi connectivity index (χ1v) is 8.26. The molecule has 2 heterocycles. The van der Waals surface area contributed by atoms with Crippen molar-refractivity contribution in [2.75, 3.05) is 20.8 Å². The Balaban J connectivity index is 1.88. The van der Waals surface area contributed by atoms with E-state index >= 15 is 0 Å². The number of carbonyl (C=O) groups excluding carboxylic acids is 1. The van der Waals surface area contributed by atoms with Crippen LogP contribution in [-0.4, -0.2) is 42.6 Å². The summed E-state index contributed by atoms with van der Waals surface area (Å²) in [6, 6.07) is 3.82. The SMILES string of the molecule is COc1cc2c(cc1OC)CN(C(=O)c1c(C)coc1CC(=O)O)CC2. The van der Waals surface area contributed by atoms with Crippen LogP contribution in [0, 0.1) is 6.92 Å². The van der Waals surface area contributed by atoms with Crippen LogP contribution >= 0.6 is 0 Å². The van der Waals surface area contributed by atoms with Crippen LogP contribution in [0.2, 0.25) is 0 Å². The van der Waals surface area contributed by atoms with Crippen molar-refractivity contribution in [1.82, 2.24) is 4.90 Å². The van der Waals surface area contributed by atoms with Gasteiger partial charge >= 0.3 is 5.97 Å². The molecule has 1 aliphatic heterocycles. The fourth-order valence-electron chi connectivity index (χ4n) is 3.27. The van der Waals surface area contributed by atoms with E-state index in [0.29, 0.717) is 42.1 Å². The number of carboxylic acid groups (broad SMARTS) is 1. The summed E-state index contributed by atoms with van der Waals surface area (Å²) < 4.78 is 16.0. The van der Waals surface area contributed by atoms with Crippen molar-refractivity contribution in [1.29, 1.82) is 0 Å². The van der Waals surface area contributed by atoms with E-state index < -0.39 is 5.97 Å². The van der Waals surface area contributed by atoms with Crippen molar-refractivity contribution in [2.24, 2.45) is 0 Å². The van der Waals surface area contributed by atoms with Crippen molar-refractivity contribution < 1.29 is 28.6 Å². The van der Waals surface area contributed by atoms with E-state index in [1.54, 1.807) is 26.0 Å². The number of ether oxygens (including phenoxy) is 2. The Morgan fingerprint density at radius 1 is 1.19 bits per heavy atom. The van der Waals surface area contributed by atoms with Crippen molar-refractivity contribution in [3.05, 3.63) is 46.4 Å². The molecule has 1 amide bonds. The molecule has 1 aromatic heterocycles. The lowest BCUT2D eigenvalue weighted by Gasteiger charge is -2.29. The number of hydrogen-bond acceptors (Lipinski definition) is 5. The topological polar surface area (TPSA) is 89.2 Å². The summed E-state index contributed by atoms with van der Waals surface area (Å²) in [6.07, 6.45) is 1.80. The fraction of sp³-hybridized carbons (Fsp3) is 0.368. The van der Waals surface area contributed by atoms with Gasteiger partial charge in [-0.05, 0) is 36.6 Å². The molecular weight excluding hydrogens is 338 g/mol. The van der Waals surface area contributed by atoms with Gasteiger partial charge in [0.1, 0.15) is 12.2 Å². The number of aliphatic carboxylic acids is 1. The minimum atomic E-state index is -1.03. The molecule has 3 rings (SSSR count). The number of benzene rings is 1. The molecule has 0 saturated carbocycles. The van der Waals surface area contributed by atoms with Gasteiger partial charge in [-0.3, -0.25) is 9.59 Å². The van der Waals surface area contributed by atoms with Crippen molar-refractivity contribution in [2.45, 2.75) is 26.3 Å². The first kappa shape index (κ1) is 17.8. The molecule has 1 N–H and O–H groups in total. The Hall–Kier alpha value is -2.96. The molecular formula is C19H21NO6. The van der Waals surface area contributed by atoms with Crippen LogP contribution in [0.5, 0.6) is 11.5 Å². The van der Waals surface area contributed by atoms with Gasteiger partial charge in [-0.1, -0.05) is 0 Å². The maximum atomic E-state index is 13.0. The molecule has 1 aromatic carbocycles. The van der Waals surface area contributed by atoms with Gasteiger partial charge in [0.05, 0.1) is 26.0 Å². The number of methoxy groups -OCH3 is 2. The molecule has 0 spiro atoms. The number of carboxylic acids is 1. The number of aryl methyl sites for hydroxylation is 1. The maximum absolute atomic E-state index is 13.0. The van der Waals surface area contributed by atoms with E-state index in [2.05, 4.69) is 0 Å². The molecule has 1 aliphatic rings. The average Bonchev–Trinajstić information content (AvgIpc) is 2.98. The highest BCUT2D eigenvalue weighted by Crippen LogP contribution is 2.34. The fourth-order valence-corrected chi connectivity index (χ4v) is 3.27.